The van der Waals surface area contributed by atoms with Gasteiger partial charge in [0.05, 0.1) is 5.41 Å². The average molecular weight is 462 g/mol. The molecule has 7 rings (SSSR count). The zero-order chi connectivity index (χ0) is 23.7. The smallest absolute Gasteiger partial charge is 0.408 e. The molecule has 1 amide bonds. The first-order valence-electron chi connectivity index (χ1n) is 11.9. The molecule has 2 atom stereocenters. The van der Waals surface area contributed by atoms with Gasteiger partial charge in [-0.05, 0) is 72.1 Å². The number of carboxylic acid groups (broad SMARTS) is 2. The Morgan fingerprint density at radius 1 is 0.853 bits per heavy atom. The number of carbonyl (C=O) groups excluding carboxylic acids is 1. The normalized spacial score (nSPS) is 32.6. The first kappa shape index (κ1) is 21.2. The van der Waals surface area contributed by atoms with Gasteiger partial charge in [0.2, 0.25) is 0 Å². The highest BCUT2D eigenvalue weighted by atomic mass is 16.5. The van der Waals surface area contributed by atoms with Crippen LogP contribution in [0.2, 0.25) is 0 Å². The molecular weight excluding hydrogens is 434 g/mol. The Hall–Kier alpha value is -3.35. The van der Waals surface area contributed by atoms with Gasteiger partial charge >= 0.3 is 18.0 Å². The lowest BCUT2D eigenvalue weighted by Gasteiger charge is -2.61. The Morgan fingerprint density at radius 2 is 1.41 bits per heavy atom. The van der Waals surface area contributed by atoms with Gasteiger partial charge in [-0.3, -0.25) is 4.79 Å². The largest absolute Gasteiger partial charge is 0.481 e. The van der Waals surface area contributed by atoms with E-state index in [1.54, 1.807) is 0 Å². The van der Waals surface area contributed by atoms with Gasteiger partial charge in [-0.25, -0.2) is 9.59 Å². The van der Waals surface area contributed by atoms with Crippen LogP contribution in [0.5, 0.6) is 0 Å². The van der Waals surface area contributed by atoms with Crippen molar-refractivity contribution in [1.82, 2.24) is 5.32 Å². The minimum absolute atomic E-state index is 0.104. The SMILES string of the molecule is O=C(NC1(C(=O)O)C2CC3CC1CC(C(=O)O)(C3)C2)OCC1c2ccccc2-c2ccccc21. The Labute approximate surface area is 197 Å². The monoisotopic (exact) mass is 461 g/mol. The maximum absolute atomic E-state index is 13.0. The first-order chi connectivity index (χ1) is 16.3. The van der Waals surface area contributed by atoms with E-state index in [2.05, 4.69) is 17.4 Å². The van der Waals surface area contributed by atoms with Crippen molar-refractivity contribution in [3.05, 3.63) is 59.7 Å². The van der Waals surface area contributed by atoms with Crippen molar-refractivity contribution in [3.8, 4) is 11.1 Å². The van der Waals surface area contributed by atoms with E-state index in [1.165, 1.54) is 0 Å². The molecule has 0 aliphatic heterocycles. The van der Waals surface area contributed by atoms with Gasteiger partial charge in [-0.1, -0.05) is 48.5 Å². The summed E-state index contributed by atoms with van der Waals surface area (Å²) in [5.41, 5.74) is 2.07. The van der Waals surface area contributed by atoms with Crippen LogP contribution in [0.25, 0.3) is 11.1 Å². The van der Waals surface area contributed by atoms with E-state index >= 15 is 0 Å². The molecule has 2 aromatic carbocycles. The lowest BCUT2D eigenvalue weighted by atomic mass is 9.43. The van der Waals surface area contributed by atoms with Gasteiger partial charge in [0.25, 0.3) is 0 Å². The summed E-state index contributed by atoms with van der Waals surface area (Å²) in [6.07, 6.45) is 1.68. The van der Waals surface area contributed by atoms with Crippen LogP contribution in [0, 0.1) is 23.2 Å². The zero-order valence-corrected chi connectivity index (χ0v) is 18.7. The maximum Gasteiger partial charge on any atom is 0.408 e. The van der Waals surface area contributed by atoms with Crippen LogP contribution in [0.3, 0.4) is 0 Å². The van der Waals surface area contributed by atoms with Crippen molar-refractivity contribution in [3.63, 3.8) is 0 Å². The van der Waals surface area contributed by atoms with E-state index in [1.807, 2.05) is 36.4 Å². The topological polar surface area (TPSA) is 113 Å². The standard InChI is InChI=1S/C27H27NO6/c29-23(30)26-11-15-9-16(12-26)27(24(31)32,17(10-15)13-26)28-25(33)34-14-22-20-7-3-1-5-18(20)19-6-2-4-8-21(19)22/h1-8,15-17,22H,9-14H2,(H,28,33)(H,29,30)(H,31,32). The number of alkyl carbamates (subject to hydrolysis) is 1. The van der Waals surface area contributed by atoms with Crippen LogP contribution in [-0.4, -0.2) is 40.4 Å². The van der Waals surface area contributed by atoms with Gasteiger partial charge in [-0.2, -0.15) is 0 Å². The van der Waals surface area contributed by atoms with Crippen molar-refractivity contribution in [1.29, 1.82) is 0 Å². The van der Waals surface area contributed by atoms with Crippen molar-refractivity contribution in [2.24, 2.45) is 23.2 Å². The van der Waals surface area contributed by atoms with Gasteiger partial charge < -0.3 is 20.3 Å². The molecule has 0 heterocycles. The molecule has 4 bridgehead atoms. The van der Waals surface area contributed by atoms with Crippen LogP contribution in [0.15, 0.2) is 48.5 Å². The third-order valence-corrected chi connectivity index (χ3v) is 8.94. The highest BCUT2D eigenvalue weighted by molar-refractivity contribution is 5.87. The van der Waals surface area contributed by atoms with E-state index in [9.17, 15) is 24.6 Å². The second-order valence-corrected chi connectivity index (χ2v) is 10.6. The highest BCUT2D eigenvalue weighted by Crippen LogP contribution is 2.63. The summed E-state index contributed by atoms with van der Waals surface area (Å²) in [5.74, 6) is -2.67. The predicted octanol–water partition coefficient (Wildman–Crippen LogP) is 4.26. The van der Waals surface area contributed by atoms with E-state index in [4.69, 9.17) is 4.74 Å². The second-order valence-electron chi connectivity index (χ2n) is 10.6. The van der Waals surface area contributed by atoms with Crippen LogP contribution < -0.4 is 5.32 Å². The maximum atomic E-state index is 13.0. The molecule has 34 heavy (non-hydrogen) atoms. The summed E-state index contributed by atoms with van der Waals surface area (Å²) < 4.78 is 5.66. The molecule has 0 aromatic heterocycles. The molecule has 5 aliphatic rings. The van der Waals surface area contributed by atoms with Crippen molar-refractivity contribution in [2.45, 2.75) is 43.6 Å². The van der Waals surface area contributed by atoms with Crippen LogP contribution >= 0.6 is 0 Å². The Bertz CT molecular complexity index is 1140. The molecule has 5 aliphatic carbocycles. The molecule has 0 radical (unpaired) electrons. The molecular formula is C27H27NO6. The number of benzene rings is 2. The molecule has 4 saturated carbocycles. The lowest BCUT2D eigenvalue weighted by Crippen LogP contribution is -2.72. The molecule has 176 valence electrons. The van der Waals surface area contributed by atoms with E-state index in [0.29, 0.717) is 19.3 Å². The molecule has 2 aromatic rings. The summed E-state index contributed by atoms with van der Waals surface area (Å²) in [6, 6.07) is 16.1. The molecule has 7 nitrogen and oxygen atoms in total. The molecule has 2 unspecified atom stereocenters. The van der Waals surface area contributed by atoms with Gasteiger partial charge in [-0.15, -0.1) is 0 Å². The van der Waals surface area contributed by atoms with E-state index in [0.717, 1.165) is 22.3 Å². The molecule has 0 spiro atoms. The summed E-state index contributed by atoms with van der Waals surface area (Å²) >= 11 is 0. The van der Waals surface area contributed by atoms with Crippen molar-refractivity contribution >= 4 is 18.0 Å². The summed E-state index contributed by atoms with van der Waals surface area (Å²) in [4.78, 5) is 37.7. The number of fused-ring (bicyclic) bond motifs is 3. The lowest BCUT2D eigenvalue weighted by molar-refractivity contribution is -0.187. The number of rotatable bonds is 5. The van der Waals surface area contributed by atoms with E-state index in [-0.39, 0.29) is 31.3 Å². The Morgan fingerprint density at radius 3 is 1.94 bits per heavy atom. The fourth-order valence-electron chi connectivity index (χ4n) is 7.68. The van der Waals surface area contributed by atoms with Crippen molar-refractivity contribution in [2.75, 3.05) is 6.61 Å². The summed E-state index contributed by atoms with van der Waals surface area (Å²) in [5, 5.41) is 22.9. The third kappa shape index (κ3) is 2.85. The number of aliphatic carboxylic acids is 2. The number of hydrogen-bond acceptors (Lipinski definition) is 4. The molecule has 4 fully saturated rings. The van der Waals surface area contributed by atoms with Crippen LogP contribution in [0.1, 0.15) is 49.1 Å². The van der Waals surface area contributed by atoms with Gasteiger partial charge in [0.1, 0.15) is 12.1 Å². The Kier molecular flexibility index (Phi) is 4.57. The number of hydrogen-bond donors (Lipinski definition) is 3. The number of amides is 1. The van der Waals surface area contributed by atoms with Crippen molar-refractivity contribution < 1.29 is 29.3 Å². The highest BCUT2D eigenvalue weighted by Gasteiger charge is 2.68. The first-order valence-corrected chi connectivity index (χ1v) is 11.9. The quantitative estimate of drug-likeness (QED) is 0.613. The predicted molar refractivity (Wildman–Crippen MR) is 122 cm³/mol. The molecule has 0 saturated heterocycles. The number of ether oxygens (including phenoxy) is 1. The van der Waals surface area contributed by atoms with E-state index < -0.39 is 40.8 Å². The minimum atomic E-state index is -1.47. The molecule has 7 heteroatoms. The van der Waals surface area contributed by atoms with Crippen LogP contribution in [0.4, 0.5) is 4.79 Å². The minimum Gasteiger partial charge on any atom is -0.481 e. The van der Waals surface area contributed by atoms with Gasteiger partial charge in [0, 0.05) is 5.92 Å². The third-order valence-electron chi connectivity index (χ3n) is 8.94. The number of carboxylic acids is 2. The van der Waals surface area contributed by atoms with Crippen LogP contribution in [-0.2, 0) is 14.3 Å². The number of carbonyl (C=O) groups is 3. The van der Waals surface area contributed by atoms with Gasteiger partial charge in [0.15, 0.2) is 0 Å². The average Bonchev–Trinajstić information content (AvgIpc) is 3.13. The fourth-order valence-corrected chi connectivity index (χ4v) is 7.68. The summed E-state index contributed by atoms with van der Waals surface area (Å²) in [6.45, 7) is 0.104. The zero-order valence-electron chi connectivity index (χ0n) is 18.7. The summed E-state index contributed by atoms with van der Waals surface area (Å²) in [7, 11) is 0. The fraction of sp³-hybridized carbons (Fsp3) is 0.444. The Balaban J connectivity index is 1.23. The number of nitrogens with one attached hydrogen (secondary N) is 1. The second kappa shape index (κ2) is 7.32. The molecule has 3 N–H and O–H groups in total.